The van der Waals surface area contributed by atoms with Crippen molar-refractivity contribution >= 4 is 29.7 Å². The lowest BCUT2D eigenvalue weighted by Gasteiger charge is -2.39. The molecule has 12 nitrogen and oxygen atoms in total. The summed E-state index contributed by atoms with van der Waals surface area (Å²) in [7, 11) is 0. The Morgan fingerprint density at radius 1 is 1.27 bits per heavy atom. The highest BCUT2D eigenvalue weighted by Gasteiger charge is 2.52. The second-order valence-corrected chi connectivity index (χ2v) is 9.65. The van der Waals surface area contributed by atoms with Gasteiger partial charge < -0.3 is 37.3 Å². The highest BCUT2D eigenvalue weighted by molar-refractivity contribution is 5.93. The number of aliphatic imine (C=N–C) groups is 1. The second kappa shape index (κ2) is 10.8. The number of carbonyl (C=O) groups excluding carboxylic acids is 3. The van der Waals surface area contributed by atoms with E-state index in [1.807, 2.05) is 0 Å². The van der Waals surface area contributed by atoms with E-state index in [-0.39, 0.29) is 24.7 Å². The van der Waals surface area contributed by atoms with Gasteiger partial charge in [-0.1, -0.05) is 0 Å². The molecule has 0 bridgehead atoms. The summed E-state index contributed by atoms with van der Waals surface area (Å²) in [5, 5.41) is 12.0. The monoisotopic (exact) mass is 468 g/mol. The van der Waals surface area contributed by atoms with Gasteiger partial charge in [0, 0.05) is 12.6 Å². The molecule has 0 aromatic heterocycles. The van der Waals surface area contributed by atoms with Crippen molar-refractivity contribution in [2.24, 2.45) is 28.1 Å². The van der Waals surface area contributed by atoms with Crippen LogP contribution in [0, 0.1) is 5.92 Å². The van der Waals surface area contributed by atoms with Gasteiger partial charge in [-0.3, -0.25) is 19.4 Å². The van der Waals surface area contributed by atoms with Crippen LogP contribution < -0.4 is 22.5 Å². The Kier molecular flexibility index (Phi) is 8.64. The topological polar surface area (TPSA) is 203 Å². The third-order valence-electron chi connectivity index (χ3n) is 5.80. The van der Waals surface area contributed by atoms with E-state index in [0.717, 1.165) is 0 Å². The quantitative estimate of drug-likeness (QED) is 0.122. The smallest absolute Gasteiger partial charge is 0.329 e. The average Bonchev–Trinajstić information content (AvgIpc) is 3.04. The number of piperidine rings is 1. The molecule has 2 amide bonds. The number of guanidine groups is 1. The number of carboxylic acid groups (broad SMARTS) is 1. The number of rotatable bonds is 9. The van der Waals surface area contributed by atoms with Crippen molar-refractivity contribution in [3.05, 3.63) is 0 Å². The molecule has 2 heterocycles. The molecule has 2 aliphatic heterocycles. The van der Waals surface area contributed by atoms with Crippen LogP contribution >= 0.6 is 0 Å². The van der Waals surface area contributed by atoms with E-state index in [1.165, 1.54) is 4.90 Å². The van der Waals surface area contributed by atoms with Crippen molar-refractivity contribution in [1.29, 1.82) is 0 Å². The van der Waals surface area contributed by atoms with Crippen molar-refractivity contribution in [3.63, 3.8) is 0 Å². The van der Waals surface area contributed by atoms with E-state index in [2.05, 4.69) is 10.3 Å². The van der Waals surface area contributed by atoms with Gasteiger partial charge in [0.2, 0.25) is 11.8 Å². The normalized spacial score (nSPS) is 25.7. The predicted octanol–water partition coefficient (Wildman–Crippen LogP) is -0.952. The number of nitrogens with two attached hydrogens (primary N) is 3. The van der Waals surface area contributed by atoms with E-state index in [4.69, 9.17) is 21.9 Å². The van der Waals surface area contributed by atoms with Crippen LogP contribution in [-0.4, -0.2) is 76.0 Å². The molecular weight excluding hydrogens is 432 g/mol. The fourth-order valence-corrected chi connectivity index (χ4v) is 4.43. The lowest BCUT2D eigenvalue weighted by Crippen LogP contribution is -2.60. The van der Waals surface area contributed by atoms with Gasteiger partial charge in [-0.05, 0) is 58.8 Å². The molecule has 0 saturated carbocycles. The maximum atomic E-state index is 13.3. The molecule has 33 heavy (non-hydrogen) atoms. The first-order chi connectivity index (χ1) is 15.3. The number of nitrogens with one attached hydrogen (secondary N) is 1. The van der Waals surface area contributed by atoms with Gasteiger partial charge in [0.05, 0.1) is 12.5 Å². The van der Waals surface area contributed by atoms with Crippen LogP contribution in [0.5, 0.6) is 0 Å². The molecule has 12 heteroatoms. The number of nitrogens with zero attached hydrogens (tertiary/aromatic N) is 2. The standard InChI is InChI=1S/C21H36N6O6/c1-21(2,3)33-19(32)15-9-11(10-16(28)29)14-7-6-13(18(31)27(14)15)26-17(30)12(22)5-4-8-25-20(23)24/h11-15H,4-10,22H2,1-3H3,(H,26,30)(H,28,29)(H4,23,24,25)/t11-,12-,13+,14+,15-/m0/s1. The SMILES string of the molecule is CC(C)(C)OC(=O)[C@@H]1C[C@@H](CC(=O)O)[C@H]2CC[C@@H](NC(=O)[C@@H](N)CCCN=C(N)N)C(=O)N21. The summed E-state index contributed by atoms with van der Waals surface area (Å²) >= 11 is 0. The molecule has 0 aromatic carbocycles. The van der Waals surface area contributed by atoms with Gasteiger partial charge in [-0.2, -0.15) is 0 Å². The highest BCUT2D eigenvalue weighted by atomic mass is 16.6. The molecule has 0 aromatic rings. The molecule has 2 saturated heterocycles. The zero-order chi connectivity index (χ0) is 24.9. The Hall–Kier alpha value is -2.89. The summed E-state index contributed by atoms with van der Waals surface area (Å²) in [4.78, 5) is 55.2. The lowest BCUT2D eigenvalue weighted by molar-refractivity contribution is -0.165. The Labute approximate surface area is 193 Å². The van der Waals surface area contributed by atoms with Crippen molar-refractivity contribution in [2.75, 3.05) is 6.54 Å². The summed E-state index contributed by atoms with van der Waals surface area (Å²) < 4.78 is 5.48. The number of ether oxygens (including phenoxy) is 1. The molecule has 0 aliphatic carbocycles. The second-order valence-electron chi connectivity index (χ2n) is 9.65. The minimum absolute atomic E-state index is 0.0401. The minimum atomic E-state index is -0.987. The largest absolute Gasteiger partial charge is 0.481 e. The highest BCUT2D eigenvalue weighted by Crippen LogP contribution is 2.39. The maximum absolute atomic E-state index is 13.3. The van der Waals surface area contributed by atoms with Crippen LogP contribution in [0.1, 0.15) is 59.3 Å². The Morgan fingerprint density at radius 2 is 1.94 bits per heavy atom. The van der Waals surface area contributed by atoms with E-state index >= 15 is 0 Å². The Morgan fingerprint density at radius 3 is 2.52 bits per heavy atom. The summed E-state index contributed by atoms with van der Waals surface area (Å²) in [6.07, 6.45) is 1.69. The zero-order valence-electron chi connectivity index (χ0n) is 19.5. The number of fused-ring (bicyclic) bond motifs is 1. The summed E-state index contributed by atoms with van der Waals surface area (Å²) in [5.74, 6) is -2.86. The van der Waals surface area contributed by atoms with Gasteiger partial charge in [0.1, 0.15) is 17.7 Å². The van der Waals surface area contributed by atoms with Crippen LogP contribution in [-0.2, 0) is 23.9 Å². The van der Waals surface area contributed by atoms with Crippen LogP contribution in [0.25, 0.3) is 0 Å². The first-order valence-electron chi connectivity index (χ1n) is 11.2. The fourth-order valence-electron chi connectivity index (χ4n) is 4.43. The lowest BCUT2D eigenvalue weighted by atomic mass is 9.89. The van der Waals surface area contributed by atoms with Gasteiger partial charge in [0.25, 0.3) is 0 Å². The number of hydrogen-bond acceptors (Lipinski definition) is 7. The maximum Gasteiger partial charge on any atom is 0.329 e. The van der Waals surface area contributed by atoms with Gasteiger partial charge in [-0.25, -0.2) is 4.79 Å². The van der Waals surface area contributed by atoms with Crippen LogP contribution in [0.2, 0.25) is 0 Å². The van der Waals surface area contributed by atoms with Crippen LogP contribution in [0.3, 0.4) is 0 Å². The first kappa shape index (κ1) is 26.4. The number of amides is 2. The summed E-state index contributed by atoms with van der Waals surface area (Å²) in [6, 6.07) is -2.97. The Bertz CT molecular complexity index is 791. The molecule has 2 fully saturated rings. The van der Waals surface area contributed by atoms with Crippen molar-refractivity contribution in [2.45, 2.75) is 89.1 Å². The van der Waals surface area contributed by atoms with E-state index in [9.17, 15) is 24.3 Å². The van der Waals surface area contributed by atoms with E-state index < -0.39 is 53.5 Å². The van der Waals surface area contributed by atoms with Crippen molar-refractivity contribution < 1.29 is 29.0 Å². The summed E-state index contributed by atoms with van der Waals surface area (Å²) in [5.41, 5.74) is 15.7. The molecule has 5 atom stereocenters. The number of carbonyl (C=O) groups is 4. The predicted molar refractivity (Wildman–Crippen MR) is 120 cm³/mol. The Balaban J connectivity index is 2.08. The molecule has 2 aliphatic rings. The van der Waals surface area contributed by atoms with E-state index in [1.54, 1.807) is 20.8 Å². The molecule has 2 rings (SSSR count). The fraction of sp³-hybridized carbons (Fsp3) is 0.762. The number of esters is 1. The number of hydrogen-bond donors (Lipinski definition) is 5. The molecule has 0 radical (unpaired) electrons. The van der Waals surface area contributed by atoms with Crippen molar-refractivity contribution in [1.82, 2.24) is 10.2 Å². The van der Waals surface area contributed by atoms with Gasteiger partial charge >= 0.3 is 11.9 Å². The molecular formula is C21H36N6O6. The first-order valence-corrected chi connectivity index (χ1v) is 11.2. The van der Waals surface area contributed by atoms with Gasteiger partial charge in [-0.15, -0.1) is 0 Å². The van der Waals surface area contributed by atoms with Crippen LogP contribution in [0.4, 0.5) is 0 Å². The number of carboxylic acids is 1. The van der Waals surface area contributed by atoms with Gasteiger partial charge in [0.15, 0.2) is 5.96 Å². The van der Waals surface area contributed by atoms with Crippen LogP contribution in [0.15, 0.2) is 4.99 Å². The van der Waals surface area contributed by atoms with Crippen molar-refractivity contribution in [3.8, 4) is 0 Å². The molecule has 186 valence electrons. The average molecular weight is 469 g/mol. The minimum Gasteiger partial charge on any atom is -0.481 e. The molecule has 8 N–H and O–H groups in total. The third kappa shape index (κ3) is 7.31. The van der Waals surface area contributed by atoms with E-state index in [0.29, 0.717) is 32.2 Å². The zero-order valence-corrected chi connectivity index (χ0v) is 19.5. The molecule has 0 unspecified atom stereocenters. The summed E-state index contributed by atoms with van der Waals surface area (Å²) in [6.45, 7) is 5.51. The third-order valence-corrected chi connectivity index (χ3v) is 5.80. The molecule has 0 spiro atoms. The number of aliphatic carboxylic acids is 1.